The van der Waals surface area contributed by atoms with E-state index in [0.717, 1.165) is 4.88 Å². The summed E-state index contributed by atoms with van der Waals surface area (Å²) in [5, 5.41) is 18.6. The van der Waals surface area contributed by atoms with E-state index in [1.807, 2.05) is 17.5 Å². The minimum atomic E-state index is -0.642. The van der Waals surface area contributed by atoms with Crippen molar-refractivity contribution in [2.45, 2.75) is 0 Å². The molecular formula is C21H15Cl2N3O3S. The lowest BCUT2D eigenvalue weighted by atomic mass is 10.2. The minimum Gasteiger partial charge on any atom is -0.506 e. The summed E-state index contributed by atoms with van der Waals surface area (Å²) in [5.41, 5.74) is 2.97. The molecule has 0 unspecified atom stereocenters. The van der Waals surface area contributed by atoms with Gasteiger partial charge in [-0.05, 0) is 41.8 Å². The van der Waals surface area contributed by atoms with Crippen LogP contribution in [0.15, 0.2) is 70.8 Å². The van der Waals surface area contributed by atoms with Gasteiger partial charge in [-0.25, -0.2) is 5.43 Å². The molecule has 0 spiro atoms. The third-order valence-electron chi connectivity index (χ3n) is 3.79. The maximum atomic E-state index is 12.6. The first kappa shape index (κ1) is 21.6. The zero-order valence-electron chi connectivity index (χ0n) is 15.3. The van der Waals surface area contributed by atoms with Crippen LogP contribution >= 0.6 is 34.5 Å². The van der Waals surface area contributed by atoms with E-state index in [9.17, 15) is 14.7 Å². The molecule has 0 radical (unpaired) electrons. The molecule has 0 saturated carbocycles. The summed E-state index contributed by atoms with van der Waals surface area (Å²) in [5.74, 6) is -1.29. The van der Waals surface area contributed by atoms with Crippen LogP contribution in [0.4, 0.5) is 0 Å². The fourth-order valence-corrected chi connectivity index (χ4v) is 3.53. The molecule has 2 aromatic carbocycles. The van der Waals surface area contributed by atoms with Gasteiger partial charge in [0.1, 0.15) is 11.4 Å². The van der Waals surface area contributed by atoms with E-state index in [2.05, 4.69) is 15.8 Å². The van der Waals surface area contributed by atoms with Gasteiger partial charge in [0.15, 0.2) is 0 Å². The molecule has 152 valence electrons. The van der Waals surface area contributed by atoms with Crippen LogP contribution in [0.1, 0.15) is 20.8 Å². The lowest BCUT2D eigenvalue weighted by Crippen LogP contribution is -2.32. The number of hydrazone groups is 1. The lowest BCUT2D eigenvalue weighted by Gasteiger charge is -2.09. The molecule has 1 aromatic heterocycles. The SMILES string of the molecule is O=C(NN=Cc1cc(Cl)cc(Cl)c1O)C(=Cc1cccs1)NC(=O)c1ccccc1. The van der Waals surface area contributed by atoms with Gasteiger partial charge in [-0.2, -0.15) is 5.10 Å². The van der Waals surface area contributed by atoms with Crippen molar-refractivity contribution in [1.82, 2.24) is 10.7 Å². The fraction of sp³-hybridized carbons (Fsp3) is 0. The molecule has 3 N–H and O–H groups in total. The number of carbonyl (C=O) groups is 2. The van der Waals surface area contributed by atoms with Crippen LogP contribution in [0.25, 0.3) is 6.08 Å². The molecule has 3 aromatic rings. The van der Waals surface area contributed by atoms with Gasteiger partial charge in [0.05, 0.1) is 11.2 Å². The topological polar surface area (TPSA) is 90.8 Å². The molecule has 0 aliphatic rings. The van der Waals surface area contributed by atoms with Crippen molar-refractivity contribution in [3.63, 3.8) is 0 Å². The van der Waals surface area contributed by atoms with E-state index in [1.54, 1.807) is 36.4 Å². The predicted molar refractivity (Wildman–Crippen MR) is 120 cm³/mol. The lowest BCUT2D eigenvalue weighted by molar-refractivity contribution is -0.117. The van der Waals surface area contributed by atoms with Crippen molar-refractivity contribution in [1.29, 1.82) is 0 Å². The molecule has 0 bridgehead atoms. The van der Waals surface area contributed by atoms with Crippen molar-refractivity contribution in [2.24, 2.45) is 5.10 Å². The Morgan fingerprint density at radius 2 is 1.83 bits per heavy atom. The van der Waals surface area contributed by atoms with Gasteiger partial charge in [-0.1, -0.05) is 47.5 Å². The van der Waals surface area contributed by atoms with Crippen molar-refractivity contribution < 1.29 is 14.7 Å². The maximum absolute atomic E-state index is 12.6. The second-order valence-corrected chi connectivity index (χ2v) is 7.74. The number of hydrogen-bond acceptors (Lipinski definition) is 5. The van der Waals surface area contributed by atoms with Gasteiger partial charge in [0.2, 0.25) is 0 Å². The number of benzene rings is 2. The smallest absolute Gasteiger partial charge is 0.287 e. The quantitative estimate of drug-likeness (QED) is 0.283. The van der Waals surface area contributed by atoms with Gasteiger partial charge in [-0.3, -0.25) is 9.59 Å². The molecule has 30 heavy (non-hydrogen) atoms. The van der Waals surface area contributed by atoms with E-state index < -0.39 is 11.8 Å². The number of halogens is 2. The van der Waals surface area contributed by atoms with Crippen LogP contribution in [-0.4, -0.2) is 23.1 Å². The number of rotatable bonds is 6. The largest absolute Gasteiger partial charge is 0.506 e. The van der Waals surface area contributed by atoms with Gasteiger partial charge in [0, 0.05) is 21.0 Å². The van der Waals surface area contributed by atoms with Crippen molar-refractivity contribution in [3.05, 3.63) is 91.7 Å². The highest BCUT2D eigenvalue weighted by molar-refractivity contribution is 7.10. The monoisotopic (exact) mass is 459 g/mol. The Morgan fingerprint density at radius 1 is 1.07 bits per heavy atom. The molecule has 1 heterocycles. The second kappa shape index (κ2) is 10.1. The van der Waals surface area contributed by atoms with Crippen LogP contribution in [0.2, 0.25) is 10.0 Å². The van der Waals surface area contributed by atoms with Crippen LogP contribution in [-0.2, 0) is 4.79 Å². The molecule has 3 rings (SSSR count). The Kier molecular flexibility index (Phi) is 7.24. The number of aromatic hydroxyl groups is 1. The number of hydrogen-bond donors (Lipinski definition) is 3. The summed E-state index contributed by atoms with van der Waals surface area (Å²) in [7, 11) is 0. The number of amides is 2. The third-order valence-corrected chi connectivity index (χ3v) is 5.11. The first-order valence-corrected chi connectivity index (χ1v) is 10.2. The molecule has 0 aliphatic carbocycles. The summed E-state index contributed by atoms with van der Waals surface area (Å²) >= 11 is 13.2. The van der Waals surface area contributed by atoms with E-state index in [1.165, 1.54) is 29.7 Å². The molecule has 0 aliphatic heterocycles. The van der Waals surface area contributed by atoms with Gasteiger partial charge in [-0.15, -0.1) is 11.3 Å². The highest BCUT2D eigenvalue weighted by Crippen LogP contribution is 2.29. The van der Waals surface area contributed by atoms with Crippen LogP contribution in [0.5, 0.6) is 5.75 Å². The molecule has 6 nitrogen and oxygen atoms in total. The molecule has 0 atom stereocenters. The fourth-order valence-electron chi connectivity index (χ4n) is 2.36. The molecule has 2 amide bonds. The molecular weight excluding hydrogens is 445 g/mol. The van der Waals surface area contributed by atoms with Gasteiger partial charge in [0.25, 0.3) is 11.8 Å². The standard InChI is InChI=1S/C21H15Cl2N3O3S/c22-15-9-14(19(27)17(23)10-15)12-24-26-21(29)18(11-16-7-4-8-30-16)25-20(28)13-5-2-1-3-6-13/h1-12,27H,(H,25,28)(H,26,29). The summed E-state index contributed by atoms with van der Waals surface area (Å²) < 4.78 is 0. The van der Waals surface area contributed by atoms with Crippen molar-refractivity contribution in [3.8, 4) is 5.75 Å². The third kappa shape index (κ3) is 5.70. The van der Waals surface area contributed by atoms with E-state index in [4.69, 9.17) is 23.2 Å². The van der Waals surface area contributed by atoms with Crippen LogP contribution in [0, 0.1) is 0 Å². The Morgan fingerprint density at radius 3 is 2.53 bits per heavy atom. The highest BCUT2D eigenvalue weighted by atomic mass is 35.5. The van der Waals surface area contributed by atoms with Crippen LogP contribution < -0.4 is 10.7 Å². The highest BCUT2D eigenvalue weighted by Gasteiger charge is 2.14. The number of nitrogens with zero attached hydrogens (tertiary/aromatic N) is 1. The average Bonchev–Trinajstić information content (AvgIpc) is 3.24. The second-order valence-electron chi connectivity index (χ2n) is 5.92. The minimum absolute atomic E-state index is 0.0109. The Labute approximate surface area is 186 Å². The molecule has 0 saturated heterocycles. The normalized spacial score (nSPS) is 11.5. The average molecular weight is 460 g/mol. The summed E-state index contributed by atoms with van der Waals surface area (Å²) in [6, 6.07) is 15.0. The first-order chi connectivity index (χ1) is 14.4. The van der Waals surface area contributed by atoms with Gasteiger partial charge < -0.3 is 10.4 Å². The number of carbonyl (C=O) groups excluding carboxylic acids is 2. The molecule has 0 fully saturated rings. The Balaban J connectivity index is 1.78. The molecule has 9 heteroatoms. The van der Waals surface area contributed by atoms with E-state index >= 15 is 0 Å². The van der Waals surface area contributed by atoms with Crippen molar-refractivity contribution >= 4 is 58.6 Å². The van der Waals surface area contributed by atoms with Crippen molar-refractivity contribution in [2.75, 3.05) is 0 Å². The number of thiophene rings is 1. The van der Waals surface area contributed by atoms with E-state index in [-0.39, 0.29) is 22.0 Å². The van der Waals surface area contributed by atoms with Crippen LogP contribution in [0.3, 0.4) is 0 Å². The van der Waals surface area contributed by atoms with E-state index in [0.29, 0.717) is 10.6 Å². The maximum Gasteiger partial charge on any atom is 0.287 e. The zero-order chi connectivity index (χ0) is 21.5. The summed E-state index contributed by atoms with van der Waals surface area (Å²) in [6.07, 6.45) is 2.75. The number of phenols is 1. The summed E-state index contributed by atoms with van der Waals surface area (Å²) in [6.45, 7) is 0. The van der Waals surface area contributed by atoms with Gasteiger partial charge >= 0.3 is 0 Å². The Bertz CT molecular complexity index is 1110. The Hall–Kier alpha value is -3.13. The zero-order valence-corrected chi connectivity index (χ0v) is 17.6. The number of nitrogens with one attached hydrogen (secondary N) is 2. The first-order valence-electron chi connectivity index (χ1n) is 8.57. The predicted octanol–water partition coefficient (Wildman–Crippen LogP) is 4.68. The number of phenolic OH excluding ortho intramolecular Hbond substituents is 1. The summed E-state index contributed by atoms with van der Waals surface area (Å²) in [4.78, 5) is 25.9.